The van der Waals surface area contributed by atoms with Gasteiger partial charge in [0, 0.05) is 41.4 Å². The maximum absolute atomic E-state index is 14.6. The van der Waals surface area contributed by atoms with E-state index >= 15 is 0 Å². The third-order valence-corrected chi connectivity index (χ3v) is 5.37. The lowest BCUT2D eigenvalue weighted by atomic mass is 10.1. The minimum atomic E-state index is -0.629. The molecular weight excluding hydrogens is 386 g/mol. The van der Waals surface area contributed by atoms with Crippen LogP contribution in [0.4, 0.5) is 19.3 Å². The molecule has 0 spiro atoms. The predicted octanol–water partition coefficient (Wildman–Crippen LogP) is 2.74. The van der Waals surface area contributed by atoms with Crippen molar-refractivity contribution in [3.8, 4) is 0 Å². The van der Waals surface area contributed by atoms with Gasteiger partial charge in [0.2, 0.25) is 0 Å². The number of hydrogen-bond donors (Lipinski definition) is 2. The summed E-state index contributed by atoms with van der Waals surface area (Å²) in [4.78, 5) is 27.7. The van der Waals surface area contributed by atoms with Crippen LogP contribution in [0.1, 0.15) is 15.9 Å². The van der Waals surface area contributed by atoms with Gasteiger partial charge in [0.1, 0.15) is 11.6 Å². The lowest BCUT2D eigenvalue weighted by Gasteiger charge is -2.33. The first-order chi connectivity index (χ1) is 13.5. The molecule has 0 bridgehead atoms. The second-order valence-electron chi connectivity index (χ2n) is 6.22. The first kappa shape index (κ1) is 20.1. The highest BCUT2D eigenvalue weighted by Crippen LogP contribution is 2.23. The number of urea groups is 1. The van der Waals surface area contributed by atoms with E-state index in [1.165, 1.54) is 41.3 Å². The summed E-state index contributed by atoms with van der Waals surface area (Å²) in [6, 6.07) is 9.17. The summed E-state index contributed by atoms with van der Waals surface area (Å²) in [5.41, 5.74) is 2.73. The number of nitrogen functional groups attached to an aromatic ring is 1. The number of amides is 3. The van der Waals surface area contributed by atoms with E-state index in [1.807, 2.05) is 5.43 Å². The van der Waals surface area contributed by atoms with E-state index in [-0.39, 0.29) is 23.7 Å². The van der Waals surface area contributed by atoms with Crippen molar-refractivity contribution in [2.45, 2.75) is 6.54 Å². The molecular formula is C19H20F2N4O2S. The van der Waals surface area contributed by atoms with Crippen LogP contribution in [-0.2, 0) is 6.54 Å². The first-order valence-corrected chi connectivity index (χ1v) is 9.84. The Hall–Kier alpha value is -2.65. The number of hydrazine groups is 1. The molecule has 1 aliphatic heterocycles. The first-order valence-electron chi connectivity index (χ1n) is 8.68. The summed E-state index contributed by atoms with van der Waals surface area (Å²) < 4.78 is 27.9. The second kappa shape index (κ2) is 9.03. The fraction of sp³-hybridized carbons (Fsp3) is 0.263. The molecule has 0 atom stereocenters. The van der Waals surface area contributed by atoms with Crippen LogP contribution in [-0.4, -0.2) is 41.4 Å². The van der Waals surface area contributed by atoms with Crippen molar-refractivity contribution in [3.05, 3.63) is 65.2 Å². The zero-order valence-corrected chi connectivity index (χ0v) is 15.8. The number of nitrogens with zero attached hydrogens (tertiary/aromatic N) is 2. The van der Waals surface area contributed by atoms with Crippen molar-refractivity contribution < 1.29 is 18.4 Å². The summed E-state index contributed by atoms with van der Waals surface area (Å²) in [5, 5.41) is 0. The van der Waals surface area contributed by atoms with Gasteiger partial charge in [-0.3, -0.25) is 15.1 Å². The Bertz CT molecular complexity index is 858. The molecule has 148 valence electrons. The Labute approximate surface area is 165 Å². The maximum atomic E-state index is 14.6. The van der Waals surface area contributed by atoms with Gasteiger partial charge in [0.05, 0.1) is 6.54 Å². The average Bonchev–Trinajstić information content (AvgIpc) is 2.73. The van der Waals surface area contributed by atoms with Gasteiger partial charge in [-0.1, -0.05) is 6.07 Å². The number of anilines is 1. The van der Waals surface area contributed by atoms with Crippen LogP contribution in [0.3, 0.4) is 0 Å². The van der Waals surface area contributed by atoms with E-state index in [9.17, 15) is 18.4 Å². The molecule has 1 heterocycles. The molecule has 0 aromatic heterocycles. The smallest absolute Gasteiger partial charge is 0.323 e. The Morgan fingerprint density at radius 2 is 1.79 bits per heavy atom. The van der Waals surface area contributed by atoms with Crippen molar-refractivity contribution in [2.75, 3.05) is 29.5 Å². The zero-order chi connectivity index (χ0) is 20.1. The van der Waals surface area contributed by atoms with Crippen LogP contribution in [0.15, 0.2) is 42.5 Å². The van der Waals surface area contributed by atoms with Gasteiger partial charge in [0.25, 0.3) is 5.91 Å². The summed E-state index contributed by atoms with van der Waals surface area (Å²) in [5.74, 6) is 5.08. The molecule has 3 N–H and O–H groups in total. The third-order valence-electron chi connectivity index (χ3n) is 4.43. The Kier molecular flexibility index (Phi) is 6.48. The molecule has 28 heavy (non-hydrogen) atoms. The van der Waals surface area contributed by atoms with Gasteiger partial charge >= 0.3 is 6.03 Å². The van der Waals surface area contributed by atoms with E-state index in [0.717, 1.165) is 17.6 Å². The van der Waals surface area contributed by atoms with E-state index in [4.69, 9.17) is 5.84 Å². The van der Waals surface area contributed by atoms with Crippen molar-refractivity contribution in [1.29, 1.82) is 0 Å². The quantitative estimate of drug-likeness (QED) is 0.465. The number of nitrogens with one attached hydrogen (secondary N) is 1. The molecule has 2 aromatic carbocycles. The molecule has 1 aliphatic rings. The van der Waals surface area contributed by atoms with Crippen LogP contribution in [0.2, 0.25) is 0 Å². The number of benzene rings is 2. The van der Waals surface area contributed by atoms with Crippen LogP contribution >= 0.6 is 11.8 Å². The molecule has 0 radical (unpaired) electrons. The molecule has 3 amide bonds. The van der Waals surface area contributed by atoms with Crippen molar-refractivity contribution in [2.24, 2.45) is 5.84 Å². The van der Waals surface area contributed by atoms with Gasteiger partial charge in [-0.25, -0.2) is 19.4 Å². The molecule has 0 unspecified atom stereocenters. The largest absolute Gasteiger partial charge is 0.324 e. The minimum Gasteiger partial charge on any atom is -0.323 e. The summed E-state index contributed by atoms with van der Waals surface area (Å²) in [7, 11) is 0. The highest BCUT2D eigenvalue weighted by Gasteiger charge is 2.25. The van der Waals surface area contributed by atoms with Crippen LogP contribution in [0, 0.1) is 11.6 Å². The Morgan fingerprint density at radius 1 is 1.11 bits per heavy atom. The Morgan fingerprint density at radius 3 is 2.39 bits per heavy atom. The normalized spacial score (nSPS) is 13.9. The lowest BCUT2D eigenvalue weighted by Crippen LogP contribution is -2.46. The molecule has 1 saturated heterocycles. The fourth-order valence-corrected chi connectivity index (χ4v) is 3.79. The van der Waals surface area contributed by atoms with E-state index in [0.29, 0.717) is 18.8 Å². The number of carbonyl (C=O) groups is 2. The predicted molar refractivity (Wildman–Crippen MR) is 105 cm³/mol. The summed E-state index contributed by atoms with van der Waals surface area (Å²) >= 11 is 1.77. The van der Waals surface area contributed by atoms with Crippen molar-refractivity contribution in [1.82, 2.24) is 10.3 Å². The van der Waals surface area contributed by atoms with Crippen LogP contribution < -0.4 is 16.2 Å². The van der Waals surface area contributed by atoms with E-state index in [2.05, 4.69) is 0 Å². The molecule has 9 heteroatoms. The van der Waals surface area contributed by atoms with Crippen LogP contribution in [0.5, 0.6) is 0 Å². The summed E-state index contributed by atoms with van der Waals surface area (Å²) in [6.45, 7) is 1.14. The van der Waals surface area contributed by atoms with E-state index in [1.54, 1.807) is 16.7 Å². The second-order valence-corrected chi connectivity index (χ2v) is 7.45. The lowest BCUT2D eigenvalue weighted by molar-refractivity contribution is 0.0953. The third kappa shape index (κ3) is 4.60. The molecule has 6 nitrogen and oxygen atoms in total. The molecule has 0 aliphatic carbocycles. The van der Waals surface area contributed by atoms with Gasteiger partial charge in [-0.2, -0.15) is 11.8 Å². The SMILES string of the molecule is NNC(=O)c1ccc(CN(C(=O)N2CCSCC2)c2ccc(F)cc2)c(F)c1. The maximum Gasteiger partial charge on any atom is 0.324 e. The van der Waals surface area contributed by atoms with Crippen molar-refractivity contribution in [3.63, 3.8) is 0 Å². The number of halogens is 2. The van der Waals surface area contributed by atoms with Gasteiger partial charge < -0.3 is 4.90 Å². The van der Waals surface area contributed by atoms with Crippen LogP contribution in [0.25, 0.3) is 0 Å². The number of carbonyl (C=O) groups excluding carboxylic acids is 2. The number of nitrogens with two attached hydrogens (primary N) is 1. The standard InChI is InChI=1S/C19H20F2N4O2S/c20-15-3-5-16(6-4-15)25(19(27)24-7-9-28-10-8-24)12-14-2-1-13(11-17(14)21)18(26)23-22/h1-6,11H,7-10,12,22H2,(H,23,26). The van der Waals surface area contributed by atoms with Crippen molar-refractivity contribution >= 4 is 29.4 Å². The monoisotopic (exact) mass is 406 g/mol. The molecule has 1 fully saturated rings. The highest BCUT2D eigenvalue weighted by molar-refractivity contribution is 7.99. The highest BCUT2D eigenvalue weighted by atomic mass is 32.2. The number of rotatable bonds is 4. The Balaban J connectivity index is 1.89. The number of thioether (sulfide) groups is 1. The molecule has 3 rings (SSSR count). The molecule has 2 aromatic rings. The van der Waals surface area contributed by atoms with E-state index < -0.39 is 17.5 Å². The van der Waals surface area contributed by atoms with Gasteiger partial charge in [0.15, 0.2) is 0 Å². The average molecular weight is 406 g/mol. The zero-order valence-electron chi connectivity index (χ0n) is 15.0. The van der Waals surface area contributed by atoms with Gasteiger partial charge in [-0.15, -0.1) is 0 Å². The topological polar surface area (TPSA) is 78.7 Å². The fourth-order valence-electron chi connectivity index (χ4n) is 2.89. The summed E-state index contributed by atoms with van der Waals surface area (Å²) in [6.07, 6.45) is 0. The number of hydrogen-bond acceptors (Lipinski definition) is 4. The minimum absolute atomic E-state index is 0.0511. The van der Waals surface area contributed by atoms with Gasteiger partial charge in [-0.05, 0) is 36.4 Å². The molecule has 0 saturated carbocycles.